The third-order valence-corrected chi connectivity index (χ3v) is 3.84. The highest BCUT2D eigenvalue weighted by molar-refractivity contribution is 5.64. The Balaban J connectivity index is 1.68. The normalized spacial score (nSPS) is 15.3. The Hall–Kier alpha value is -2.50. The Morgan fingerprint density at radius 1 is 0.952 bits per heavy atom. The number of nitrogens with two attached hydrogens (primary N) is 2. The number of nitrogens with zero attached hydrogens (tertiary/aromatic N) is 4. The molecule has 0 aliphatic carbocycles. The third kappa shape index (κ3) is 2.84. The molecule has 1 fully saturated rings. The van der Waals surface area contributed by atoms with Gasteiger partial charge in [0.1, 0.15) is 0 Å². The van der Waals surface area contributed by atoms with Crippen LogP contribution >= 0.6 is 0 Å². The Morgan fingerprint density at radius 3 is 2.19 bits per heavy atom. The molecule has 4 N–H and O–H groups in total. The monoisotopic (exact) mass is 284 g/mol. The summed E-state index contributed by atoms with van der Waals surface area (Å²) in [6, 6.07) is 8.64. The molecule has 21 heavy (non-hydrogen) atoms. The first-order valence-corrected chi connectivity index (χ1v) is 7.08. The van der Waals surface area contributed by atoms with Gasteiger partial charge in [-0.15, -0.1) is 0 Å². The fourth-order valence-electron chi connectivity index (χ4n) is 2.61. The molecule has 110 valence electrons. The van der Waals surface area contributed by atoms with E-state index < -0.39 is 0 Å². The largest absolute Gasteiger partial charge is 0.382 e. The summed E-state index contributed by atoms with van der Waals surface area (Å²) in [6.07, 6.45) is 1.71. The minimum absolute atomic E-state index is 0.217. The molecule has 6 nitrogen and oxygen atoms in total. The Bertz CT molecular complexity index is 617. The van der Waals surface area contributed by atoms with Crippen LogP contribution < -0.4 is 21.3 Å². The molecule has 3 rings (SSSR count). The number of benzene rings is 1. The highest BCUT2D eigenvalue weighted by Crippen LogP contribution is 2.24. The quantitative estimate of drug-likeness (QED) is 0.864. The van der Waals surface area contributed by atoms with Crippen molar-refractivity contribution in [3.8, 4) is 0 Å². The SMILES string of the molecule is Cc1ccc(N2CCN(c3cnc(N)nc3N)CC2)cc1. The van der Waals surface area contributed by atoms with Crippen LogP contribution in [0.25, 0.3) is 0 Å². The molecule has 0 spiro atoms. The van der Waals surface area contributed by atoms with Crippen molar-refractivity contribution < 1.29 is 0 Å². The zero-order valence-electron chi connectivity index (χ0n) is 12.2. The molecule has 2 aromatic rings. The summed E-state index contributed by atoms with van der Waals surface area (Å²) in [5, 5.41) is 0. The molecule has 1 aliphatic heterocycles. The van der Waals surface area contributed by atoms with Crippen LogP contribution in [0.1, 0.15) is 5.56 Å². The summed E-state index contributed by atoms with van der Waals surface area (Å²) in [4.78, 5) is 12.6. The minimum atomic E-state index is 0.217. The van der Waals surface area contributed by atoms with Crippen LogP contribution in [0, 0.1) is 6.92 Å². The van der Waals surface area contributed by atoms with Crippen molar-refractivity contribution >= 4 is 23.1 Å². The van der Waals surface area contributed by atoms with Gasteiger partial charge in [0.25, 0.3) is 0 Å². The van der Waals surface area contributed by atoms with Gasteiger partial charge in [-0.25, -0.2) is 4.98 Å². The van der Waals surface area contributed by atoms with E-state index >= 15 is 0 Å². The molecule has 0 amide bonds. The van der Waals surface area contributed by atoms with E-state index in [1.54, 1.807) is 6.20 Å². The summed E-state index contributed by atoms with van der Waals surface area (Å²) in [5.41, 5.74) is 14.9. The highest BCUT2D eigenvalue weighted by Gasteiger charge is 2.19. The topological polar surface area (TPSA) is 84.3 Å². The second-order valence-electron chi connectivity index (χ2n) is 5.31. The molecule has 1 saturated heterocycles. The van der Waals surface area contributed by atoms with Crippen LogP contribution in [-0.4, -0.2) is 36.1 Å². The molecule has 0 unspecified atom stereocenters. The van der Waals surface area contributed by atoms with Crippen molar-refractivity contribution in [2.45, 2.75) is 6.92 Å². The lowest BCUT2D eigenvalue weighted by atomic mass is 10.2. The number of nitrogen functional groups attached to an aromatic ring is 2. The van der Waals surface area contributed by atoms with E-state index in [4.69, 9.17) is 11.5 Å². The van der Waals surface area contributed by atoms with Crippen LogP contribution in [-0.2, 0) is 0 Å². The van der Waals surface area contributed by atoms with Crippen molar-refractivity contribution in [2.24, 2.45) is 0 Å². The van der Waals surface area contributed by atoms with E-state index in [0.29, 0.717) is 5.82 Å². The van der Waals surface area contributed by atoms with Gasteiger partial charge in [-0.1, -0.05) is 17.7 Å². The van der Waals surface area contributed by atoms with Crippen LogP contribution in [0.4, 0.5) is 23.1 Å². The van der Waals surface area contributed by atoms with Crippen LogP contribution in [0.5, 0.6) is 0 Å². The molecule has 1 aromatic carbocycles. The number of aromatic nitrogens is 2. The van der Waals surface area contributed by atoms with Crippen LogP contribution in [0.3, 0.4) is 0 Å². The second kappa shape index (κ2) is 5.47. The third-order valence-electron chi connectivity index (χ3n) is 3.84. The Labute approximate surface area is 124 Å². The van der Waals surface area contributed by atoms with Crippen molar-refractivity contribution in [1.29, 1.82) is 0 Å². The van der Waals surface area contributed by atoms with E-state index in [1.165, 1.54) is 11.3 Å². The number of hydrogen-bond donors (Lipinski definition) is 2. The zero-order valence-corrected chi connectivity index (χ0v) is 12.2. The van der Waals surface area contributed by atoms with Gasteiger partial charge in [0.05, 0.1) is 11.9 Å². The molecule has 0 radical (unpaired) electrons. The first-order valence-electron chi connectivity index (χ1n) is 7.08. The van der Waals surface area contributed by atoms with Crippen molar-refractivity contribution in [1.82, 2.24) is 9.97 Å². The number of hydrogen-bond acceptors (Lipinski definition) is 6. The lowest BCUT2D eigenvalue weighted by Gasteiger charge is -2.37. The lowest BCUT2D eigenvalue weighted by Crippen LogP contribution is -2.46. The molecule has 1 aliphatic rings. The number of aryl methyl sites for hydroxylation is 1. The predicted octanol–water partition coefficient (Wildman–Crippen LogP) is 1.28. The van der Waals surface area contributed by atoms with E-state index in [1.807, 2.05) is 0 Å². The first-order chi connectivity index (χ1) is 10.1. The van der Waals surface area contributed by atoms with Gasteiger partial charge in [-0.3, -0.25) is 0 Å². The summed E-state index contributed by atoms with van der Waals surface area (Å²) >= 11 is 0. The Kier molecular flexibility index (Phi) is 3.51. The molecule has 0 saturated carbocycles. The molecular weight excluding hydrogens is 264 g/mol. The smallest absolute Gasteiger partial charge is 0.222 e. The van der Waals surface area contributed by atoms with E-state index in [0.717, 1.165) is 31.9 Å². The summed E-state index contributed by atoms with van der Waals surface area (Å²) in [6.45, 7) is 5.79. The van der Waals surface area contributed by atoms with Gasteiger partial charge in [0, 0.05) is 31.9 Å². The van der Waals surface area contributed by atoms with Gasteiger partial charge in [-0.05, 0) is 19.1 Å². The number of anilines is 4. The van der Waals surface area contributed by atoms with E-state index in [-0.39, 0.29) is 5.95 Å². The van der Waals surface area contributed by atoms with Crippen LogP contribution in [0.2, 0.25) is 0 Å². The van der Waals surface area contributed by atoms with Gasteiger partial charge in [0.2, 0.25) is 5.95 Å². The van der Waals surface area contributed by atoms with E-state index in [9.17, 15) is 0 Å². The maximum absolute atomic E-state index is 5.93. The number of rotatable bonds is 2. The summed E-state index contributed by atoms with van der Waals surface area (Å²) in [5.74, 6) is 0.667. The molecule has 6 heteroatoms. The van der Waals surface area contributed by atoms with Gasteiger partial charge in [0.15, 0.2) is 5.82 Å². The average molecular weight is 284 g/mol. The standard InChI is InChI=1S/C15H20N6/c1-11-2-4-12(5-3-11)20-6-8-21(9-7-20)13-10-18-15(17)19-14(13)16/h2-5,10H,6-9H2,1H3,(H4,16,17,18,19). The van der Waals surface area contributed by atoms with Gasteiger partial charge < -0.3 is 21.3 Å². The summed E-state index contributed by atoms with van der Waals surface area (Å²) in [7, 11) is 0. The predicted molar refractivity (Wildman–Crippen MR) is 86.5 cm³/mol. The van der Waals surface area contributed by atoms with Crippen molar-refractivity contribution in [3.05, 3.63) is 36.0 Å². The second-order valence-corrected chi connectivity index (χ2v) is 5.31. The van der Waals surface area contributed by atoms with Gasteiger partial charge >= 0.3 is 0 Å². The maximum Gasteiger partial charge on any atom is 0.222 e. The average Bonchev–Trinajstić information content (AvgIpc) is 2.48. The molecule has 0 atom stereocenters. The van der Waals surface area contributed by atoms with E-state index in [2.05, 4.69) is 51.0 Å². The van der Waals surface area contributed by atoms with Crippen LogP contribution in [0.15, 0.2) is 30.5 Å². The Morgan fingerprint density at radius 2 is 1.57 bits per heavy atom. The van der Waals surface area contributed by atoms with Gasteiger partial charge in [-0.2, -0.15) is 4.98 Å². The minimum Gasteiger partial charge on any atom is -0.382 e. The zero-order chi connectivity index (χ0) is 14.8. The number of piperazine rings is 1. The maximum atomic E-state index is 5.93. The molecule has 1 aromatic heterocycles. The fraction of sp³-hybridized carbons (Fsp3) is 0.333. The lowest BCUT2D eigenvalue weighted by molar-refractivity contribution is 0.652. The highest BCUT2D eigenvalue weighted by atomic mass is 15.3. The molecular formula is C15H20N6. The first kappa shape index (κ1) is 13.5. The fourth-order valence-corrected chi connectivity index (χ4v) is 2.61. The summed E-state index contributed by atoms with van der Waals surface area (Å²) < 4.78 is 0. The van der Waals surface area contributed by atoms with Crippen molar-refractivity contribution in [3.63, 3.8) is 0 Å². The molecule has 0 bridgehead atoms. The molecule has 2 heterocycles. The van der Waals surface area contributed by atoms with Crippen molar-refractivity contribution in [2.75, 3.05) is 47.4 Å².